The number of imidazole rings is 1. The molecule has 0 saturated carbocycles. The number of rotatable bonds is 4. The molecule has 0 aliphatic carbocycles. The van der Waals surface area contributed by atoms with Crippen LogP contribution < -0.4 is 0 Å². The van der Waals surface area contributed by atoms with Crippen molar-refractivity contribution in [3.05, 3.63) is 158 Å². The van der Waals surface area contributed by atoms with E-state index in [0.717, 1.165) is 66.8 Å². The number of hydrogen-bond donors (Lipinski definition) is 0. The first kappa shape index (κ1) is 25.4. The second-order valence-electron chi connectivity index (χ2n) is 11.4. The summed E-state index contributed by atoms with van der Waals surface area (Å²) < 4.78 is 2.10. The van der Waals surface area contributed by atoms with Gasteiger partial charge in [-0.1, -0.05) is 109 Å². The highest BCUT2D eigenvalue weighted by Gasteiger charge is 2.11. The van der Waals surface area contributed by atoms with E-state index < -0.39 is 0 Å². The van der Waals surface area contributed by atoms with Crippen molar-refractivity contribution in [2.75, 3.05) is 0 Å². The molecule has 9 aromatic rings. The van der Waals surface area contributed by atoms with E-state index in [9.17, 15) is 0 Å². The molecule has 4 nitrogen and oxygen atoms in total. The average molecular weight is 575 g/mol. The molecule has 0 N–H and O–H groups in total. The smallest absolute Gasteiger partial charge is 0.137 e. The monoisotopic (exact) mass is 574 g/mol. The van der Waals surface area contributed by atoms with Gasteiger partial charge in [0.1, 0.15) is 5.65 Å². The van der Waals surface area contributed by atoms with Crippen LogP contribution in [-0.4, -0.2) is 19.4 Å². The molecular formula is C41H26N4. The first-order valence-corrected chi connectivity index (χ1v) is 15.1. The minimum atomic E-state index is 0.902. The third-order valence-corrected chi connectivity index (χ3v) is 8.58. The molecule has 9 rings (SSSR count). The van der Waals surface area contributed by atoms with Gasteiger partial charge in [0.25, 0.3) is 0 Å². The molecular weight excluding hydrogens is 548 g/mol. The van der Waals surface area contributed by atoms with Gasteiger partial charge in [0.05, 0.1) is 28.1 Å². The van der Waals surface area contributed by atoms with E-state index in [-0.39, 0.29) is 0 Å². The molecule has 45 heavy (non-hydrogen) atoms. The van der Waals surface area contributed by atoms with Crippen molar-refractivity contribution in [1.82, 2.24) is 19.4 Å². The van der Waals surface area contributed by atoms with E-state index in [2.05, 4.69) is 156 Å². The van der Waals surface area contributed by atoms with Crippen LogP contribution in [0.3, 0.4) is 0 Å². The lowest BCUT2D eigenvalue weighted by atomic mass is 10.0. The predicted molar refractivity (Wildman–Crippen MR) is 185 cm³/mol. The van der Waals surface area contributed by atoms with Crippen molar-refractivity contribution in [2.24, 2.45) is 0 Å². The fourth-order valence-corrected chi connectivity index (χ4v) is 6.21. The Labute approximate surface area is 259 Å². The molecule has 0 saturated heterocycles. The minimum Gasteiger partial charge on any atom is -0.306 e. The van der Waals surface area contributed by atoms with Gasteiger partial charge >= 0.3 is 0 Å². The van der Waals surface area contributed by atoms with Gasteiger partial charge in [-0.25, -0.2) is 15.0 Å². The number of fused-ring (bicyclic) bond motifs is 5. The Morgan fingerprint density at radius 1 is 0.333 bits per heavy atom. The van der Waals surface area contributed by atoms with Crippen molar-refractivity contribution < 1.29 is 0 Å². The molecule has 0 atom stereocenters. The molecule has 4 aromatic heterocycles. The van der Waals surface area contributed by atoms with Crippen LogP contribution in [-0.2, 0) is 0 Å². The zero-order chi connectivity index (χ0) is 29.7. The summed E-state index contributed by atoms with van der Waals surface area (Å²) in [6.45, 7) is 0. The molecule has 0 spiro atoms. The quantitative estimate of drug-likeness (QED) is 0.196. The lowest BCUT2D eigenvalue weighted by Crippen LogP contribution is -1.91. The zero-order valence-corrected chi connectivity index (χ0v) is 24.3. The Kier molecular flexibility index (Phi) is 5.78. The highest BCUT2D eigenvalue weighted by Crippen LogP contribution is 2.31. The van der Waals surface area contributed by atoms with Gasteiger partial charge in [-0.15, -0.1) is 0 Å². The van der Waals surface area contributed by atoms with Gasteiger partial charge in [-0.2, -0.15) is 0 Å². The second kappa shape index (κ2) is 10.2. The molecule has 0 aliphatic rings. The molecule has 210 valence electrons. The SMILES string of the molecule is c1ccc(-c2ccc3nc(-c4cccc(-c5ccc6ccc7ccc(-c8ccc9ccccc9c8)nc7c6n5)c4)cn3c2)cc1. The van der Waals surface area contributed by atoms with Crippen LogP contribution in [0.25, 0.3) is 83.1 Å². The highest BCUT2D eigenvalue weighted by molar-refractivity contribution is 6.04. The molecule has 0 bridgehead atoms. The first-order valence-electron chi connectivity index (χ1n) is 15.1. The zero-order valence-electron chi connectivity index (χ0n) is 24.3. The standard InChI is InChI=1S/C41H26N4/c1-2-7-27(8-3-1)35-19-22-39-42-38(26-45(39)25-35)33-12-6-11-32(24-33)36-20-17-29-14-15-30-18-21-37(44-41(30)40(29)43-36)34-16-13-28-9-4-5-10-31(28)23-34/h1-26H. The summed E-state index contributed by atoms with van der Waals surface area (Å²) >= 11 is 0. The maximum atomic E-state index is 5.19. The summed E-state index contributed by atoms with van der Waals surface area (Å²) in [4.78, 5) is 15.3. The van der Waals surface area contributed by atoms with Crippen molar-refractivity contribution in [2.45, 2.75) is 0 Å². The number of aromatic nitrogens is 4. The summed E-state index contributed by atoms with van der Waals surface area (Å²) in [6, 6.07) is 50.8. The van der Waals surface area contributed by atoms with Crippen molar-refractivity contribution >= 4 is 38.2 Å². The van der Waals surface area contributed by atoms with Crippen LogP contribution in [0.2, 0.25) is 0 Å². The van der Waals surface area contributed by atoms with E-state index in [4.69, 9.17) is 15.0 Å². The summed E-state index contributed by atoms with van der Waals surface area (Å²) in [6.07, 6.45) is 4.24. The number of benzene rings is 5. The van der Waals surface area contributed by atoms with Crippen LogP contribution in [0.15, 0.2) is 158 Å². The first-order chi connectivity index (χ1) is 22.2. The molecule has 0 fully saturated rings. The summed E-state index contributed by atoms with van der Waals surface area (Å²) in [5.41, 5.74) is 11.0. The van der Waals surface area contributed by atoms with E-state index in [1.165, 1.54) is 16.3 Å². The van der Waals surface area contributed by atoms with E-state index in [1.54, 1.807) is 0 Å². The van der Waals surface area contributed by atoms with Crippen molar-refractivity contribution in [3.63, 3.8) is 0 Å². The highest BCUT2D eigenvalue weighted by atomic mass is 15.0. The van der Waals surface area contributed by atoms with Crippen molar-refractivity contribution in [3.8, 4) is 44.9 Å². The van der Waals surface area contributed by atoms with E-state index in [1.807, 2.05) is 6.07 Å². The predicted octanol–water partition coefficient (Wildman–Crippen LogP) is 10.3. The van der Waals surface area contributed by atoms with Crippen LogP contribution in [0, 0.1) is 0 Å². The number of nitrogens with zero attached hydrogens (tertiary/aromatic N) is 4. The van der Waals surface area contributed by atoms with Gasteiger partial charge in [-0.05, 0) is 58.3 Å². The topological polar surface area (TPSA) is 43.1 Å². The average Bonchev–Trinajstić information content (AvgIpc) is 3.55. The molecule has 4 heteroatoms. The van der Waals surface area contributed by atoms with Gasteiger partial charge in [0.2, 0.25) is 0 Å². The molecule has 5 aromatic carbocycles. The third-order valence-electron chi connectivity index (χ3n) is 8.58. The van der Waals surface area contributed by atoms with Crippen LogP contribution >= 0.6 is 0 Å². The second-order valence-corrected chi connectivity index (χ2v) is 11.4. The molecule has 4 heterocycles. The van der Waals surface area contributed by atoms with Crippen molar-refractivity contribution in [1.29, 1.82) is 0 Å². The van der Waals surface area contributed by atoms with Crippen LogP contribution in [0.4, 0.5) is 0 Å². The normalized spacial score (nSPS) is 11.6. The fraction of sp³-hybridized carbons (Fsp3) is 0. The van der Waals surface area contributed by atoms with Gasteiger partial charge in [0, 0.05) is 39.9 Å². The molecule has 0 radical (unpaired) electrons. The Hall–Kier alpha value is -6.13. The van der Waals surface area contributed by atoms with E-state index >= 15 is 0 Å². The van der Waals surface area contributed by atoms with Gasteiger partial charge in [0.15, 0.2) is 0 Å². The molecule has 0 unspecified atom stereocenters. The minimum absolute atomic E-state index is 0.902. The summed E-state index contributed by atoms with van der Waals surface area (Å²) in [7, 11) is 0. The van der Waals surface area contributed by atoms with Crippen LogP contribution in [0.5, 0.6) is 0 Å². The lowest BCUT2D eigenvalue weighted by Gasteiger charge is -2.09. The largest absolute Gasteiger partial charge is 0.306 e. The Morgan fingerprint density at radius 3 is 1.67 bits per heavy atom. The summed E-state index contributed by atoms with van der Waals surface area (Å²) in [5, 5.41) is 4.57. The molecule has 0 aliphatic heterocycles. The van der Waals surface area contributed by atoms with Crippen LogP contribution in [0.1, 0.15) is 0 Å². The Morgan fingerprint density at radius 2 is 0.911 bits per heavy atom. The lowest BCUT2D eigenvalue weighted by molar-refractivity contribution is 1.19. The maximum Gasteiger partial charge on any atom is 0.137 e. The fourth-order valence-electron chi connectivity index (χ4n) is 6.21. The number of hydrogen-bond acceptors (Lipinski definition) is 3. The van der Waals surface area contributed by atoms with Gasteiger partial charge in [-0.3, -0.25) is 0 Å². The summed E-state index contributed by atoms with van der Waals surface area (Å²) in [5.74, 6) is 0. The maximum absolute atomic E-state index is 5.19. The Bertz CT molecular complexity index is 2550. The van der Waals surface area contributed by atoms with E-state index in [0.29, 0.717) is 0 Å². The molecule has 0 amide bonds. The van der Waals surface area contributed by atoms with Gasteiger partial charge < -0.3 is 4.40 Å². The number of pyridine rings is 3. The Balaban J connectivity index is 1.11. The third kappa shape index (κ3) is 4.52.